The summed E-state index contributed by atoms with van der Waals surface area (Å²) in [4.78, 5) is 2.15. The molecule has 0 fully saturated rings. The molecule has 1 heterocycles. The molecular weight excluding hydrogens is 244 g/mol. The van der Waals surface area contributed by atoms with Gasteiger partial charge >= 0.3 is 0 Å². The van der Waals surface area contributed by atoms with Crippen LogP contribution in [0.1, 0.15) is 20.3 Å². The van der Waals surface area contributed by atoms with Crippen LogP contribution in [0, 0.1) is 4.77 Å². The molecular formula is C13H18N4S. The largest absolute Gasteiger partial charge is 0.311 e. The smallest absolute Gasteiger partial charge is 0.230 e. The van der Waals surface area contributed by atoms with Crippen molar-refractivity contribution in [3.05, 3.63) is 35.1 Å². The second kappa shape index (κ2) is 5.82. The van der Waals surface area contributed by atoms with Gasteiger partial charge in [-0.2, -0.15) is 0 Å². The molecule has 0 saturated heterocycles. The van der Waals surface area contributed by atoms with Crippen molar-refractivity contribution in [3.63, 3.8) is 0 Å². The first-order chi connectivity index (χ1) is 8.77. The summed E-state index contributed by atoms with van der Waals surface area (Å²) in [6.45, 7) is 5.99. The minimum Gasteiger partial charge on any atom is -0.311 e. The third-order valence-electron chi connectivity index (χ3n) is 2.81. The summed E-state index contributed by atoms with van der Waals surface area (Å²) in [5, 5.41) is 7.23. The molecule has 4 nitrogen and oxygen atoms in total. The topological polar surface area (TPSA) is 36.9 Å². The molecule has 2 rings (SSSR count). The highest BCUT2D eigenvalue weighted by atomic mass is 32.1. The molecule has 96 valence electrons. The van der Waals surface area contributed by atoms with Gasteiger partial charge in [-0.25, -0.2) is 5.10 Å². The Morgan fingerprint density at radius 1 is 1.28 bits per heavy atom. The van der Waals surface area contributed by atoms with Crippen LogP contribution in [0.5, 0.6) is 0 Å². The van der Waals surface area contributed by atoms with E-state index in [1.165, 1.54) is 0 Å². The molecule has 0 spiro atoms. The van der Waals surface area contributed by atoms with E-state index in [-0.39, 0.29) is 0 Å². The van der Waals surface area contributed by atoms with Crippen LogP contribution in [-0.2, 0) is 6.54 Å². The van der Waals surface area contributed by atoms with Gasteiger partial charge in [0, 0.05) is 18.8 Å². The Hall–Kier alpha value is -1.62. The van der Waals surface area contributed by atoms with Gasteiger partial charge in [0.15, 0.2) is 4.77 Å². The van der Waals surface area contributed by atoms with Gasteiger partial charge in [-0.1, -0.05) is 25.1 Å². The summed E-state index contributed by atoms with van der Waals surface area (Å²) in [5.74, 6) is 0.885. The minimum absolute atomic E-state index is 0.682. The predicted octanol–water partition coefficient (Wildman–Crippen LogP) is 3.51. The van der Waals surface area contributed by atoms with Crippen LogP contribution in [0.3, 0.4) is 0 Å². The number of hydrogen-bond acceptors (Lipinski definition) is 3. The van der Waals surface area contributed by atoms with Crippen LogP contribution in [0.25, 0.3) is 0 Å². The SMILES string of the molecule is CCCn1c(N(CC)c2ccccc2)n[nH]c1=S. The molecule has 1 aromatic carbocycles. The van der Waals surface area contributed by atoms with Crippen LogP contribution in [0.2, 0.25) is 0 Å². The second-order valence-electron chi connectivity index (χ2n) is 4.06. The number of H-pyrrole nitrogens is 1. The third kappa shape index (κ3) is 2.46. The zero-order valence-corrected chi connectivity index (χ0v) is 11.6. The summed E-state index contributed by atoms with van der Waals surface area (Å²) in [7, 11) is 0. The van der Waals surface area contributed by atoms with Gasteiger partial charge in [-0.15, -0.1) is 5.10 Å². The quantitative estimate of drug-likeness (QED) is 0.838. The molecule has 0 bridgehead atoms. The van der Waals surface area contributed by atoms with Crippen molar-refractivity contribution in [1.82, 2.24) is 14.8 Å². The lowest BCUT2D eigenvalue weighted by Crippen LogP contribution is -2.20. The van der Waals surface area contributed by atoms with E-state index in [1.54, 1.807) is 0 Å². The highest BCUT2D eigenvalue weighted by Crippen LogP contribution is 2.23. The minimum atomic E-state index is 0.682. The van der Waals surface area contributed by atoms with Crippen LogP contribution < -0.4 is 4.90 Å². The van der Waals surface area contributed by atoms with Crippen LogP contribution in [0.15, 0.2) is 30.3 Å². The Kier molecular flexibility index (Phi) is 4.15. The van der Waals surface area contributed by atoms with Gasteiger partial charge in [0.1, 0.15) is 0 Å². The first-order valence-corrected chi connectivity index (χ1v) is 6.66. The fourth-order valence-corrected chi connectivity index (χ4v) is 2.21. The van der Waals surface area contributed by atoms with E-state index in [4.69, 9.17) is 12.2 Å². The molecule has 18 heavy (non-hydrogen) atoms. The Bertz CT molecular complexity index is 544. The van der Waals surface area contributed by atoms with E-state index < -0.39 is 0 Å². The number of hydrogen-bond donors (Lipinski definition) is 1. The van der Waals surface area contributed by atoms with Crippen LogP contribution in [0.4, 0.5) is 11.6 Å². The molecule has 0 aliphatic rings. The summed E-state index contributed by atoms with van der Waals surface area (Å²) < 4.78 is 2.73. The maximum absolute atomic E-state index is 5.27. The van der Waals surface area contributed by atoms with Crippen LogP contribution in [-0.4, -0.2) is 21.3 Å². The van der Waals surface area contributed by atoms with Gasteiger partial charge in [0.2, 0.25) is 5.95 Å². The van der Waals surface area contributed by atoms with Crippen molar-refractivity contribution in [2.75, 3.05) is 11.4 Å². The summed E-state index contributed by atoms with van der Waals surface area (Å²) >= 11 is 5.27. The molecule has 0 radical (unpaired) electrons. The van der Waals surface area contributed by atoms with Gasteiger partial charge in [0.25, 0.3) is 0 Å². The number of aromatic nitrogens is 3. The third-order valence-corrected chi connectivity index (χ3v) is 3.12. The average Bonchev–Trinajstić information content (AvgIpc) is 2.75. The Balaban J connectivity index is 2.42. The molecule has 0 saturated carbocycles. The maximum atomic E-state index is 5.27. The van der Waals surface area contributed by atoms with E-state index in [0.29, 0.717) is 4.77 Å². The highest BCUT2D eigenvalue weighted by Gasteiger charge is 2.14. The Morgan fingerprint density at radius 2 is 2.00 bits per heavy atom. The zero-order chi connectivity index (χ0) is 13.0. The lowest BCUT2D eigenvalue weighted by Gasteiger charge is -2.22. The van der Waals surface area contributed by atoms with Crippen molar-refractivity contribution in [2.24, 2.45) is 0 Å². The lowest BCUT2D eigenvalue weighted by atomic mass is 10.3. The number of benzene rings is 1. The number of anilines is 2. The van der Waals surface area contributed by atoms with Gasteiger partial charge in [0.05, 0.1) is 0 Å². The van der Waals surface area contributed by atoms with Gasteiger partial charge < -0.3 is 4.90 Å². The van der Waals surface area contributed by atoms with Gasteiger partial charge in [-0.05, 0) is 37.7 Å². The summed E-state index contributed by atoms with van der Waals surface area (Å²) in [5.41, 5.74) is 1.13. The normalized spacial score (nSPS) is 10.6. The first kappa shape index (κ1) is 12.8. The highest BCUT2D eigenvalue weighted by molar-refractivity contribution is 7.71. The molecule has 0 atom stereocenters. The molecule has 2 aromatic rings. The average molecular weight is 262 g/mol. The van der Waals surface area contributed by atoms with Crippen LogP contribution >= 0.6 is 12.2 Å². The molecule has 0 amide bonds. The lowest BCUT2D eigenvalue weighted by molar-refractivity contribution is 0.662. The van der Waals surface area contributed by atoms with Crippen molar-refractivity contribution in [1.29, 1.82) is 0 Å². The summed E-state index contributed by atoms with van der Waals surface area (Å²) in [6.07, 6.45) is 1.03. The number of nitrogens with zero attached hydrogens (tertiary/aromatic N) is 3. The van der Waals surface area contributed by atoms with Gasteiger partial charge in [-0.3, -0.25) is 4.57 Å². The number of para-hydroxylation sites is 1. The van der Waals surface area contributed by atoms with Crippen molar-refractivity contribution >= 4 is 23.9 Å². The molecule has 0 aliphatic heterocycles. The van der Waals surface area contributed by atoms with E-state index >= 15 is 0 Å². The maximum Gasteiger partial charge on any atom is 0.230 e. The molecule has 0 unspecified atom stereocenters. The molecule has 1 aromatic heterocycles. The predicted molar refractivity (Wildman–Crippen MR) is 76.8 cm³/mol. The fraction of sp³-hybridized carbons (Fsp3) is 0.385. The standard InChI is InChI=1S/C13H18N4S/c1-3-10-17-12(14-15-13(17)18)16(4-2)11-8-6-5-7-9-11/h5-9H,3-4,10H2,1-2H3,(H,15,18). The zero-order valence-electron chi connectivity index (χ0n) is 10.8. The van der Waals surface area contributed by atoms with E-state index in [9.17, 15) is 0 Å². The fourth-order valence-electron chi connectivity index (χ4n) is 1.99. The van der Waals surface area contributed by atoms with Crippen molar-refractivity contribution in [2.45, 2.75) is 26.8 Å². The second-order valence-corrected chi connectivity index (χ2v) is 4.45. The summed E-state index contributed by atoms with van der Waals surface area (Å²) in [6, 6.07) is 10.2. The van der Waals surface area contributed by atoms with Crippen molar-refractivity contribution in [3.8, 4) is 0 Å². The number of nitrogens with one attached hydrogen (secondary N) is 1. The molecule has 5 heteroatoms. The number of rotatable bonds is 5. The molecule has 0 aliphatic carbocycles. The molecule has 1 N–H and O–H groups in total. The monoisotopic (exact) mass is 262 g/mol. The van der Waals surface area contributed by atoms with E-state index in [2.05, 4.69) is 41.1 Å². The van der Waals surface area contributed by atoms with E-state index in [0.717, 1.165) is 31.1 Å². The first-order valence-electron chi connectivity index (χ1n) is 6.25. The Morgan fingerprint density at radius 3 is 2.61 bits per heavy atom. The Labute approximate surface area is 112 Å². The van der Waals surface area contributed by atoms with E-state index in [1.807, 2.05) is 22.8 Å². The van der Waals surface area contributed by atoms with Crippen molar-refractivity contribution < 1.29 is 0 Å². The number of aromatic amines is 1.